The van der Waals surface area contributed by atoms with Crippen LogP contribution >= 0.6 is 12.2 Å². The molecule has 120 valence electrons. The van der Waals surface area contributed by atoms with E-state index in [9.17, 15) is 0 Å². The van der Waals surface area contributed by atoms with Gasteiger partial charge in [-0.3, -0.25) is 5.43 Å². The number of hydrogen-bond donors (Lipinski definition) is 2. The third kappa shape index (κ3) is 4.69. The highest BCUT2D eigenvalue weighted by Gasteiger charge is 2.05. The van der Waals surface area contributed by atoms with Crippen LogP contribution in [0.2, 0.25) is 0 Å². The lowest BCUT2D eigenvalue weighted by Crippen LogP contribution is -2.23. The van der Waals surface area contributed by atoms with Gasteiger partial charge in [-0.2, -0.15) is 5.10 Å². The van der Waals surface area contributed by atoms with Crippen LogP contribution in [0.15, 0.2) is 47.6 Å². The maximum absolute atomic E-state index is 5.25. The quantitative estimate of drug-likeness (QED) is 0.501. The van der Waals surface area contributed by atoms with E-state index in [0.29, 0.717) is 16.6 Å². The summed E-state index contributed by atoms with van der Waals surface area (Å²) in [4.78, 5) is 0. The Labute approximate surface area is 141 Å². The average Bonchev–Trinajstić information content (AvgIpc) is 2.56. The van der Waals surface area contributed by atoms with E-state index in [4.69, 9.17) is 21.7 Å². The SMILES string of the molecule is COc1ccc(NC(=S)N/N=C\c2ccccc2C)cc1OC. The summed E-state index contributed by atoms with van der Waals surface area (Å²) >= 11 is 5.22. The highest BCUT2D eigenvalue weighted by molar-refractivity contribution is 7.80. The zero-order chi connectivity index (χ0) is 16.7. The Morgan fingerprint density at radius 2 is 1.83 bits per heavy atom. The van der Waals surface area contributed by atoms with Gasteiger partial charge in [-0.15, -0.1) is 0 Å². The minimum atomic E-state index is 0.391. The first-order valence-electron chi connectivity index (χ1n) is 7.01. The largest absolute Gasteiger partial charge is 0.493 e. The van der Waals surface area contributed by atoms with Crippen LogP contribution in [0.4, 0.5) is 5.69 Å². The lowest BCUT2D eigenvalue weighted by Gasteiger charge is -2.11. The van der Waals surface area contributed by atoms with Crippen LogP contribution in [0.3, 0.4) is 0 Å². The molecule has 5 nitrogen and oxygen atoms in total. The van der Waals surface area contributed by atoms with E-state index in [0.717, 1.165) is 16.8 Å². The molecular formula is C17H19N3O2S. The molecule has 2 N–H and O–H groups in total. The summed E-state index contributed by atoms with van der Waals surface area (Å²) in [7, 11) is 3.18. The summed E-state index contributed by atoms with van der Waals surface area (Å²) < 4.78 is 10.4. The Balaban J connectivity index is 1.96. The predicted octanol–water partition coefficient (Wildman–Crippen LogP) is 3.33. The summed E-state index contributed by atoms with van der Waals surface area (Å²) in [5.41, 5.74) is 5.76. The van der Waals surface area contributed by atoms with Gasteiger partial charge >= 0.3 is 0 Å². The molecule has 0 amide bonds. The van der Waals surface area contributed by atoms with Crippen molar-refractivity contribution in [1.29, 1.82) is 0 Å². The van der Waals surface area contributed by atoms with Crippen LogP contribution in [-0.4, -0.2) is 25.5 Å². The Morgan fingerprint density at radius 1 is 1.09 bits per heavy atom. The first kappa shape index (κ1) is 16.8. The minimum Gasteiger partial charge on any atom is -0.493 e. The Hall–Kier alpha value is -2.60. The van der Waals surface area contributed by atoms with E-state index in [1.165, 1.54) is 0 Å². The summed E-state index contributed by atoms with van der Waals surface area (Å²) in [5, 5.41) is 7.57. The van der Waals surface area contributed by atoms with Gasteiger partial charge in [-0.25, -0.2) is 0 Å². The number of thiocarbonyl (C=S) groups is 1. The molecule has 0 aromatic heterocycles. The fraction of sp³-hybridized carbons (Fsp3) is 0.176. The molecule has 6 heteroatoms. The number of nitrogens with zero attached hydrogens (tertiary/aromatic N) is 1. The van der Waals surface area contributed by atoms with Gasteiger partial charge in [0.1, 0.15) is 0 Å². The number of ether oxygens (including phenoxy) is 2. The highest BCUT2D eigenvalue weighted by Crippen LogP contribution is 2.29. The van der Waals surface area contributed by atoms with E-state index in [-0.39, 0.29) is 0 Å². The maximum Gasteiger partial charge on any atom is 0.191 e. The Morgan fingerprint density at radius 3 is 2.52 bits per heavy atom. The van der Waals surface area contributed by atoms with Gasteiger partial charge in [0, 0.05) is 11.8 Å². The van der Waals surface area contributed by atoms with Gasteiger partial charge < -0.3 is 14.8 Å². The molecule has 0 bridgehead atoms. The normalized spacial score (nSPS) is 10.4. The number of methoxy groups -OCH3 is 2. The molecule has 0 saturated heterocycles. The number of nitrogens with one attached hydrogen (secondary N) is 2. The van der Waals surface area contributed by atoms with Crippen molar-refractivity contribution in [1.82, 2.24) is 5.43 Å². The fourth-order valence-corrected chi connectivity index (χ4v) is 2.14. The molecule has 0 aliphatic rings. The number of benzene rings is 2. The van der Waals surface area contributed by atoms with Crippen molar-refractivity contribution >= 4 is 29.2 Å². The fourth-order valence-electron chi connectivity index (χ4n) is 1.97. The highest BCUT2D eigenvalue weighted by atomic mass is 32.1. The van der Waals surface area contributed by atoms with Crippen molar-refractivity contribution in [3.8, 4) is 11.5 Å². The van der Waals surface area contributed by atoms with E-state index < -0.39 is 0 Å². The van der Waals surface area contributed by atoms with Crippen molar-refractivity contribution < 1.29 is 9.47 Å². The van der Waals surface area contributed by atoms with E-state index in [2.05, 4.69) is 15.8 Å². The maximum atomic E-state index is 5.25. The number of hydrogen-bond acceptors (Lipinski definition) is 4. The minimum absolute atomic E-state index is 0.391. The van der Waals surface area contributed by atoms with Crippen LogP contribution in [0.5, 0.6) is 11.5 Å². The van der Waals surface area contributed by atoms with Crippen molar-refractivity contribution in [2.75, 3.05) is 19.5 Å². The third-order valence-corrected chi connectivity index (χ3v) is 3.39. The molecule has 0 unspecified atom stereocenters. The van der Waals surface area contributed by atoms with Gasteiger partial charge in [0.15, 0.2) is 16.6 Å². The molecule has 0 aliphatic heterocycles. The molecule has 2 aromatic rings. The first-order chi connectivity index (χ1) is 11.1. The van der Waals surface area contributed by atoms with E-state index in [1.54, 1.807) is 32.6 Å². The Bertz CT molecular complexity index is 717. The third-order valence-electron chi connectivity index (χ3n) is 3.20. The van der Waals surface area contributed by atoms with E-state index in [1.807, 2.05) is 37.3 Å². The van der Waals surface area contributed by atoms with Gasteiger partial charge in [-0.1, -0.05) is 24.3 Å². The van der Waals surface area contributed by atoms with Crippen molar-refractivity contribution in [3.05, 3.63) is 53.6 Å². The molecular weight excluding hydrogens is 310 g/mol. The molecule has 2 aromatic carbocycles. The second kappa shape index (κ2) is 8.14. The van der Waals surface area contributed by atoms with Gasteiger partial charge in [0.2, 0.25) is 0 Å². The number of anilines is 1. The Kier molecular flexibility index (Phi) is 5.94. The molecule has 0 aliphatic carbocycles. The van der Waals surface area contributed by atoms with Crippen molar-refractivity contribution in [2.24, 2.45) is 5.10 Å². The van der Waals surface area contributed by atoms with E-state index >= 15 is 0 Å². The smallest absolute Gasteiger partial charge is 0.191 e. The zero-order valence-electron chi connectivity index (χ0n) is 13.3. The predicted molar refractivity (Wildman–Crippen MR) is 97.7 cm³/mol. The molecule has 0 spiro atoms. The number of hydrazone groups is 1. The monoisotopic (exact) mass is 329 g/mol. The van der Waals surface area contributed by atoms with Gasteiger partial charge in [-0.05, 0) is 42.4 Å². The molecule has 0 radical (unpaired) electrons. The number of rotatable bonds is 5. The number of aryl methyl sites for hydroxylation is 1. The van der Waals surface area contributed by atoms with Gasteiger partial charge in [0.05, 0.1) is 20.4 Å². The summed E-state index contributed by atoms with van der Waals surface area (Å²) in [6.45, 7) is 2.03. The molecule has 0 saturated carbocycles. The van der Waals surface area contributed by atoms with Crippen LogP contribution in [0.25, 0.3) is 0 Å². The summed E-state index contributed by atoms with van der Waals surface area (Å²) in [6.07, 6.45) is 1.73. The van der Waals surface area contributed by atoms with Gasteiger partial charge in [0.25, 0.3) is 0 Å². The van der Waals surface area contributed by atoms with Crippen molar-refractivity contribution in [3.63, 3.8) is 0 Å². The van der Waals surface area contributed by atoms with Crippen molar-refractivity contribution in [2.45, 2.75) is 6.92 Å². The standard InChI is InChI=1S/C17H19N3O2S/c1-12-6-4-5-7-13(12)11-18-20-17(23)19-14-8-9-15(21-2)16(10-14)22-3/h4-11H,1-3H3,(H2,19,20,23)/b18-11-. The average molecular weight is 329 g/mol. The molecule has 23 heavy (non-hydrogen) atoms. The second-order valence-electron chi connectivity index (χ2n) is 4.75. The van der Waals surface area contributed by atoms with Crippen LogP contribution in [-0.2, 0) is 0 Å². The topological polar surface area (TPSA) is 54.9 Å². The molecule has 0 atom stereocenters. The second-order valence-corrected chi connectivity index (χ2v) is 5.16. The molecule has 0 fully saturated rings. The van der Waals surface area contributed by atoms with Crippen LogP contribution in [0, 0.1) is 6.92 Å². The summed E-state index contributed by atoms with van der Waals surface area (Å²) in [5.74, 6) is 1.29. The zero-order valence-corrected chi connectivity index (χ0v) is 14.1. The van der Waals surface area contributed by atoms with Crippen LogP contribution < -0.4 is 20.2 Å². The molecule has 2 rings (SSSR count). The van der Waals surface area contributed by atoms with Crippen LogP contribution in [0.1, 0.15) is 11.1 Å². The summed E-state index contributed by atoms with van der Waals surface area (Å²) in [6, 6.07) is 13.4. The molecule has 0 heterocycles. The lowest BCUT2D eigenvalue weighted by atomic mass is 10.1. The lowest BCUT2D eigenvalue weighted by molar-refractivity contribution is 0.355. The first-order valence-corrected chi connectivity index (χ1v) is 7.42.